The summed E-state index contributed by atoms with van der Waals surface area (Å²) in [6.07, 6.45) is 0. The number of halogens is 2. The summed E-state index contributed by atoms with van der Waals surface area (Å²) in [6, 6.07) is 8.81. The van der Waals surface area contributed by atoms with Crippen molar-refractivity contribution in [3.8, 4) is 0 Å². The van der Waals surface area contributed by atoms with Gasteiger partial charge in [-0.15, -0.1) is 0 Å². The Bertz CT molecular complexity index is 732. The van der Waals surface area contributed by atoms with Crippen LogP contribution in [0.15, 0.2) is 36.4 Å². The van der Waals surface area contributed by atoms with Gasteiger partial charge in [0.05, 0.1) is 15.5 Å². The van der Waals surface area contributed by atoms with Gasteiger partial charge < -0.3 is 5.32 Å². The first-order valence-corrected chi connectivity index (χ1v) is 6.66. The first kappa shape index (κ1) is 15.3. The van der Waals surface area contributed by atoms with Crippen LogP contribution in [0.1, 0.15) is 15.9 Å². The van der Waals surface area contributed by atoms with Gasteiger partial charge in [0.15, 0.2) is 0 Å². The molecule has 0 aliphatic rings. The number of non-ortho nitro benzene ring substituents is 1. The predicted octanol–water partition coefficient (Wildman–Crippen LogP) is 4.46. The molecule has 0 aliphatic heterocycles. The molecule has 0 bridgehead atoms. The maximum absolute atomic E-state index is 12.2. The van der Waals surface area contributed by atoms with E-state index in [0.717, 1.165) is 11.6 Å². The highest BCUT2D eigenvalue weighted by atomic mass is 35.5. The van der Waals surface area contributed by atoms with E-state index >= 15 is 0 Å². The molecule has 21 heavy (non-hydrogen) atoms. The molecule has 0 spiro atoms. The molecule has 2 aromatic carbocycles. The highest BCUT2D eigenvalue weighted by molar-refractivity contribution is 6.35. The molecule has 1 N–H and O–H groups in total. The number of nitrogens with zero attached hydrogens (tertiary/aromatic N) is 1. The molecule has 0 fully saturated rings. The number of amides is 1. The fourth-order valence-electron chi connectivity index (χ4n) is 1.73. The molecule has 0 aliphatic carbocycles. The van der Waals surface area contributed by atoms with E-state index in [-0.39, 0.29) is 16.3 Å². The first-order chi connectivity index (χ1) is 9.90. The summed E-state index contributed by atoms with van der Waals surface area (Å²) in [5.74, 6) is -0.458. The van der Waals surface area contributed by atoms with Crippen molar-refractivity contribution < 1.29 is 9.72 Å². The third-order valence-electron chi connectivity index (χ3n) is 2.92. The van der Waals surface area contributed by atoms with Crippen molar-refractivity contribution in [3.05, 3.63) is 67.7 Å². The molecule has 5 nitrogen and oxygen atoms in total. The topological polar surface area (TPSA) is 72.2 Å². The molecule has 0 saturated heterocycles. The van der Waals surface area contributed by atoms with Gasteiger partial charge in [-0.25, -0.2) is 0 Å². The Labute approximate surface area is 130 Å². The zero-order valence-electron chi connectivity index (χ0n) is 10.9. The zero-order valence-corrected chi connectivity index (χ0v) is 12.4. The second kappa shape index (κ2) is 6.11. The van der Waals surface area contributed by atoms with E-state index in [4.69, 9.17) is 23.2 Å². The van der Waals surface area contributed by atoms with Gasteiger partial charge in [0.25, 0.3) is 11.6 Å². The Morgan fingerprint density at radius 2 is 1.90 bits per heavy atom. The van der Waals surface area contributed by atoms with Gasteiger partial charge in [0, 0.05) is 22.8 Å². The molecule has 2 aromatic rings. The van der Waals surface area contributed by atoms with E-state index in [1.54, 1.807) is 25.1 Å². The molecular formula is C14H10Cl2N2O3. The Hall–Kier alpha value is -2.11. The number of anilines is 1. The van der Waals surface area contributed by atoms with Crippen molar-refractivity contribution in [3.63, 3.8) is 0 Å². The molecule has 0 saturated carbocycles. The fraction of sp³-hybridized carbons (Fsp3) is 0.0714. The highest BCUT2D eigenvalue weighted by Gasteiger charge is 2.16. The second-order valence-corrected chi connectivity index (χ2v) is 5.10. The van der Waals surface area contributed by atoms with Crippen LogP contribution in [0.2, 0.25) is 10.0 Å². The Morgan fingerprint density at radius 1 is 1.19 bits per heavy atom. The van der Waals surface area contributed by atoms with Crippen molar-refractivity contribution in [1.82, 2.24) is 0 Å². The number of nitro groups is 1. The summed E-state index contributed by atoms with van der Waals surface area (Å²) in [7, 11) is 0. The number of carbonyl (C=O) groups excluding carboxylic acids is 1. The van der Waals surface area contributed by atoms with Crippen LogP contribution in [0.25, 0.3) is 0 Å². The Kier molecular flexibility index (Phi) is 4.45. The normalized spacial score (nSPS) is 10.2. The van der Waals surface area contributed by atoms with Crippen LogP contribution in [-0.2, 0) is 0 Å². The summed E-state index contributed by atoms with van der Waals surface area (Å²) in [6.45, 7) is 1.77. The Balaban J connectivity index is 2.29. The molecule has 1 amide bonds. The maximum atomic E-state index is 12.2. The van der Waals surface area contributed by atoms with Gasteiger partial charge >= 0.3 is 0 Å². The van der Waals surface area contributed by atoms with Crippen molar-refractivity contribution in [1.29, 1.82) is 0 Å². The molecule has 0 radical (unpaired) electrons. The quantitative estimate of drug-likeness (QED) is 0.669. The maximum Gasteiger partial charge on any atom is 0.270 e. The summed E-state index contributed by atoms with van der Waals surface area (Å²) in [5, 5.41) is 13.9. The smallest absolute Gasteiger partial charge is 0.270 e. The van der Waals surface area contributed by atoms with E-state index in [1.807, 2.05) is 0 Å². The average molecular weight is 325 g/mol. The van der Waals surface area contributed by atoms with E-state index in [9.17, 15) is 14.9 Å². The number of hydrogen-bond acceptors (Lipinski definition) is 3. The van der Waals surface area contributed by atoms with Gasteiger partial charge in [0.1, 0.15) is 0 Å². The van der Waals surface area contributed by atoms with E-state index in [2.05, 4.69) is 5.32 Å². The largest absolute Gasteiger partial charge is 0.322 e. The molecule has 7 heteroatoms. The monoisotopic (exact) mass is 324 g/mol. The number of nitrogens with one attached hydrogen (secondary N) is 1. The number of carbonyl (C=O) groups is 1. The lowest BCUT2D eigenvalue weighted by atomic mass is 10.1. The van der Waals surface area contributed by atoms with Crippen LogP contribution in [0, 0.1) is 17.0 Å². The van der Waals surface area contributed by atoms with Gasteiger partial charge in [-0.1, -0.05) is 29.3 Å². The van der Waals surface area contributed by atoms with E-state index in [1.165, 1.54) is 12.1 Å². The minimum Gasteiger partial charge on any atom is -0.322 e. The van der Waals surface area contributed by atoms with Crippen LogP contribution in [0.5, 0.6) is 0 Å². The zero-order chi connectivity index (χ0) is 15.6. The van der Waals surface area contributed by atoms with Crippen LogP contribution >= 0.6 is 23.2 Å². The van der Waals surface area contributed by atoms with Crippen LogP contribution in [-0.4, -0.2) is 10.8 Å². The minimum atomic E-state index is -0.575. The predicted molar refractivity (Wildman–Crippen MR) is 82.2 cm³/mol. The summed E-state index contributed by atoms with van der Waals surface area (Å²) in [5.41, 5.74) is 1.27. The molecule has 0 heterocycles. The minimum absolute atomic E-state index is 0.0152. The van der Waals surface area contributed by atoms with Crippen LogP contribution in [0.4, 0.5) is 11.4 Å². The lowest BCUT2D eigenvalue weighted by molar-refractivity contribution is -0.384. The molecular weight excluding hydrogens is 315 g/mol. The first-order valence-electron chi connectivity index (χ1n) is 5.90. The van der Waals surface area contributed by atoms with Crippen LogP contribution in [0.3, 0.4) is 0 Å². The Morgan fingerprint density at radius 3 is 2.52 bits per heavy atom. The lowest BCUT2D eigenvalue weighted by Gasteiger charge is -2.10. The van der Waals surface area contributed by atoms with E-state index < -0.39 is 10.8 Å². The fourth-order valence-corrected chi connectivity index (χ4v) is 2.17. The molecule has 0 aromatic heterocycles. The standard InChI is InChI=1S/C14H10Cl2N2O3/c1-8-11(15)3-2-4-13(8)17-14(19)10-6-5-9(18(20)21)7-12(10)16/h2-7H,1H3,(H,17,19). The number of hydrogen-bond donors (Lipinski definition) is 1. The lowest BCUT2D eigenvalue weighted by Crippen LogP contribution is -2.13. The number of nitro benzene ring substituents is 1. The number of rotatable bonds is 3. The van der Waals surface area contributed by atoms with Crippen molar-refractivity contribution in [2.45, 2.75) is 6.92 Å². The molecule has 108 valence electrons. The average Bonchev–Trinajstić information content (AvgIpc) is 2.43. The van der Waals surface area contributed by atoms with Crippen molar-refractivity contribution in [2.24, 2.45) is 0 Å². The van der Waals surface area contributed by atoms with Gasteiger partial charge in [-0.2, -0.15) is 0 Å². The van der Waals surface area contributed by atoms with E-state index in [0.29, 0.717) is 10.7 Å². The summed E-state index contributed by atoms with van der Waals surface area (Å²) < 4.78 is 0. The number of benzene rings is 2. The van der Waals surface area contributed by atoms with Gasteiger partial charge in [0.2, 0.25) is 0 Å². The van der Waals surface area contributed by atoms with Gasteiger partial charge in [-0.3, -0.25) is 14.9 Å². The molecule has 0 atom stereocenters. The highest BCUT2D eigenvalue weighted by Crippen LogP contribution is 2.26. The third kappa shape index (κ3) is 3.32. The SMILES string of the molecule is Cc1c(Cl)cccc1NC(=O)c1ccc([N+](=O)[O-])cc1Cl. The summed E-state index contributed by atoms with van der Waals surface area (Å²) in [4.78, 5) is 22.2. The van der Waals surface area contributed by atoms with Gasteiger partial charge in [-0.05, 0) is 30.7 Å². The van der Waals surface area contributed by atoms with Crippen molar-refractivity contribution >= 4 is 40.5 Å². The second-order valence-electron chi connectivity index (χ2n) is 4.29. The summed E-state index contributed by atoms with van der Waals surface area (Å²) >= 11 is 11.9. The third-order valence-corrected chi connectivity index (χ3v) is 3.65. The molecule has 0 unspecified atom stereocenters. The van der Waals surface area contributed by atoms with Crippen LogP contribution < -0.4 is 5.32 Å². The molecule has 2 rings (SSSR count). The van der Waals surface area contributed by atoms with Crippen molar-refractivity contribution in [2.75, 3.05) is 5.32 Å².